The summed E-state index contributed by atoms with van der Waals surface area (Å²) in [6.07, 6.45) is -6.00. The number of hydrogen-bond donors (Lipinski definition) is 5. The number of aliphatic hydroxyl groups is 4. The zero-order valence-corrected chi connectivity index (χ0v) is 17.5. The average Bonchev–Trinajstić information content (AvgIpc) is 2.78. The van der Waals surface area contributed by atoms with Crippen molar-refractivity contribution in [2.24, 2.45) is 0 Å². The predicted octanol–water partition coefficient (Wildman–Crippen LogP) is 1.14. The zero-order valence-electron chi connectivity index (χ0n) is 16.7. The van der Waals surface area contributed by atoms with Crippen LogP contribution in [0.25, 0.3) is 11.1 Å². The van der Waals surface area contributed by atoms with Gasteiger partial charge in [-0.1, -0.05) is 44.2 Å². The second-order valence-corrected chi connectivity index (χ2v) is 7.79. The van der Waals surface area contributed by atoms with Crippen LogP contribution in [0.3, 0.4) is 0 Å². The van der Waals surface area contributed by atoms with Gasteiger partial charge >= 0.3 is 0 Å². The summed E-state index contributed by atoms with van der Waals surface area (Å²) < 4.78 is 20.3. The molecule has 29 heavy (non-hydrogen) atoms. The third kappa shape index (κ3) is 5.29. The topological polar surface area (TPSA) is 119 Å². The number of nitrogens with one attached hydrogen (secondary N) is 1. The van der Waals surface area contributed by atoms with E-state index in [1.54, 1.807) is 43.4 Å². The molecule has 1 saturated heterocycles. The Balaban J connectivity index is 0.00000145. The first-order valence-electron chi connectivity index (χ1n) is 9.56. The SMILES string of the molecule is CC.CNS(=O)c1cccc(-c2cccc([C@H]3OC(CO)[C@@H](O)C(O)C3O)c2)c1. The highest BCUT2D eigenvalue weighted by Crippen LogP contribution is 2.34. The van der Waals surface area contributed by atoms with Gasteiger partial charge in [0.25, 0.3) is 0 Å². The molecule has 2 aromatic rings. The van der Waals surface area contributed by atoms with Gasteiger partial charge in [0.05, 0.1) is 11.5 Å². The first-order valence-corrected chi connectivity index (χ1v) is 10.7. The number of aliphatic hydroxyl groups excluding tert-OH is 4. The summed E-state index contributed by atoms with van der Waals surface area (Å²) in [4.78, 5) is 0.633. The highest BCUT2D eigenvalue weighted by molar-refractivity contribution is 7.83. The van der Waals surface area contributed by atoms with E-state index in [9.17, 15) is 24.6 Å². The Morgan fingerprint density at radius 1 is 0.966 bits per heavy atom. The normalized spacial score (nSPS) is 27.6. The Bertz CT molecular complexity index is 815. The molecule has 1 heterocycles. The van der Waals surface area contributed by atoms with Gasteiger partial charge in [0, 0.05) is 0 Å². The predicted molar refractivity (Wildman–Crippen MR) is 111 cm³/mol. The van der Waals surface area contributed by atoms with Crippen molar-refractivity contribution in [2.75, 3.05) is 13.7 Å². The lowest BCUT2D eigenvalue weighted by molar-refractivity contribution is -0.231. The average molecular weight is 424 g/mol. The van der Waals surface area contributed by atoms with Gasteiger partial charge in [-0.25, -0.2) is 8.93 Å². The van der Waals surface area contributed by atoms with Gasteiger partial charge in [0.2, 0.25) is 0 Å². The van der Waals surface area contributed by atoms with Crippen molar-refractivity contribution in [1.82, 2.24) is 4.72 Å². The molecule has 2 aromatic carbocycles. The molecule has 0 aromatic heterocycles. The molecule has 4 unspecified atom stereocenters. The minimum absolute atomic E-state index is 0.473. The van der Waals surface area contributed by atoms with E-state index in [4.69, 9.17) is 4.74 Å². The van der Waals surface area contributed by atoms with Gasteiger partial charge in [-0.2, -0.15) is 0 Å². The van der Waals surface area contributed by atoms with Crippen molar-refractivity contribution < 1.29 is 29.4 Å². The summed E-state index contributed by atoms with van der Waals surface area (Å²) in [6, 6.07) is 14.4. The van der Waals surface area contributed by atoms with E-state index in [-0.39, 0.29) is 0 Å². The van der Waals surface area contributed by atoms with Crippen molar-refractivity contribution in [3.8, 4) is 11.1 Å². The van der Waals surface area contributed by atoms with E-state index in [1.807, 2.05) is 26.0 Å². The maximum Gasteiger partial charge on any atom is 0.124 e. The lowest BCUT2D eigenvalue weighted by atomic mass is 9.90. The molecule has 1 fully saturated rings. The monoisotopic (exact) mass is 423 g/mol. The van der Waals surface area contributed by atoms with Crippen LogP contribution < -0.4 is 4.72 Å². The van der Waals surface area contributed by atoms with Crippen molar-refractivity contribution >= 4 is 11.0 Å². The van der Waals surface area contributed by atoms with E-state index in [0.717, 1.165) is 11.1 Å². The second kappa shape index (κ2) is 10.9. The van der Waals surface area contributed by atoms with Crippen LogP contribution in [0.1, 0.15) is 25.5 Å². The van der Waals surface area contributed by atoms with E-state index >= 15 is 0 Å². The fraction of sp³-hybridized carbons (Fsp3) is 0.429. The number of ether oxygens (including phenoxy) is 1. The molecule has 160 valence electrons. The molecule has 0 bridgehead atoms. The summed E-state index contributed by atoms with van der Waals surface area (Å²) >= 11 is 0. The summed E-state index contributed by atoms with van der Waals surface area (Å²) in [6.45, 7) is 3.53. The molecule has 6 atom stereocenters. The number of benzene rings is 2. The van der Waals surface area contributed by atoms with Gasteiger partial charge in [0.1, 0.15) is 41.5 Å². The molecule has 7 nitrogen and oxygen atoms in total. The van der Waals surface area contributed by atoms with Crippen LogP contribution in [0.2, 0.25) is 0 Å². The number of rotatable bonds is 5. The van der Waals surface area contributed by atoms with Gasteiger partial charge in [-0.15, -0.1) is 0 Å². The zero-order chi connectivity index (χ0) is 21.6. The highest BCUT2D eigenvalue weighted by atomic mass is 32.2. The summed E-state index contributed by atoms with van der Waals surface area (Å²) in [7, 11) is 0.306. The van der Waals surface area contributed by atoms with Crippen molar-refractivity contribution in [1.29, 1.82) is 0 Å². The smallest absolute Gasteiger partial charge is 0.124 e. The van der Waals surface area contributed by atoms with Gasteiger partial charge < -0.3 is 25.2 Å². The molecular formula is C21H29NO6S. The van der Waals surface area contributed by atoms with Gasteiger partial charge in [-0.3, -0.25) is 0 Å². The van der Waals surface area contributed by atoms with Crippen LogP contribution in [0.15, 0.2) is 53.4 Å². The Kier molecular flexibility index (Phi) is 8.91. The van der Waals surface area contributed by atoms with Crippen molar-refractivity contribution in [3.05, 3.63) is 54.1 Å². The van der Waals surface area contributed by atoms with E-state index in [2.05, 4.69) is 4.72 Å². The quantitative estimate of drug-likeness (QED) is 0.492. The van der Waals surface area contributed by atoms with Crippen molar-refractivity contribution in [2.45, 2.75) is 49.3 Å². The molecule has 0 amide bonds. The van der Waals surface area contributed by atoms with E-state index < -0.39 is 48.1 Å². The summed E-state index contributed by atoms with van der Waals surface area (Å²) in [5.74, 6) is 0. The van der Waals surface area contributed by atoms with Crippen LogP contribution in [0.4, 0.5) is 0 Å². The molecule has 0 radical (unpaired) electrons. The largest absolute Gasteiger partial charge is 0.394 e. The van der Waals surface area contributed by atoms with Gasteiger partial charge in [-0.05, 0) is 41.9 Å². The van der Waals surface area contributed by atoms with Gasteiger partial charge in [0.15, 0.2) is 0 Å². The maximum atomic E-state index is 12.0. The third-order valence-electron chi connectivity index (χ3n) is 4.67. The fourth-order valence-corrected chi connectivity index (χ4v) is 3.85. The molecule has 1 aliphatic rings. The van der Waals surface area contributed by atoms with Crippen LogP contribution in [0, 0.1) is 0 Å². The Labute approximate surface area is 173 Å². The standard InChI is InChI=1S/C19H23NO6S.C2H6/c1-20-27(25)14-7-3-5-12(9-14)11-4-2-6-13(8-11)19-18(24)17(23)16(22)15(10-21)26-19;1-2/h2-9,15-24H,10H2,1H3;1-2H3/t15?,16-,17?,18?,19-,27?;/m1./s1. The number of hydrogen-bond acceptors (Lipinski definition) is 6. The highest BCUT2D eigenvalue weighted by Gasteiger charge is 2.43. The lowest BCUT2D eigenvalue weighted by Gasteiger charge is -2.40. The third-order valence-corrected chi connectivity index (χ3v) is 5.73. The molecular weight excluding hydrogens is 394 g/mol. The van der Waals surface area contributed by atoms with Crippen LogP contribution in [-0.2, 0) is 15.7 Å². The molecule has 0 spiro atoms. The Morgan fingerprint density at radius 3 is 2.21 bits per heavy atom. The lowest BCUT2D eigenvalue weighted by Crippen LogP contribution is -2.55. The fourth-order valence-electron chi connectivity index (χ4n) is 3.18. The summed E-state index contributed by atoms with van der Waals surface area (Å²) in [5, 5.41) is 39.6. The van der Waals surface area contributed by atoms with Crippen LogP contribution in [-0.4, -0.2) is 62.7 Å². The second-order valence-electron chi connectivity index (χ2n) is 6.38. The first-order chi connectivity index (χ1) is 14.0. The van der Waals surface area contributed by atoms with E-state index in [0.29, 0.717) is 10.5 Å². The molecule has 5 N–H and O–H groups in total. The molecule has 0 aliphatic carbocycles. The van der Waals surface area contributed by atoms with Crippen LogP contribution >= 0.6 is 0 Å². The Hall–Kier alpha value is -1.65. The minimum atomic E-state index is -1.43. The summed E-state index contributed by atoms with van der Waals surface area (Å²) in [5.41, 5.74) is 2.26. The Morgan fingerprint density at radius 2 is 1.59 bits per heavy atom. The maximum absolute atomic E-state index is 12.0. The van der Waals surface area contributed by atoms with E-state index in [1.165, 1.54) is 0 Å². The molecule has 1 aliphatic heterocycles. The molecule has 8 heteroatoms. The minimum Gasteiger partial charge on any atom is -0.394 e. The van der Waals surface area contributed by atoms with Crippen molar-refractivity contribution in [3.63, 3.8) is 0 Å². The first kappa shape index (κ1) is 23.6. The van der Waals surface area contributed by atoms with Crippen LogP contribution in [0.5, 0.6) is 0 Å². The molecule has 3 rings (SSSR count). The molecule has 0 saturated carbocycles.